The van der Waals surface area contributed by atoms with Gasteiger partial charge in [0.15, 0.2) is 0 Å². The quantitative estimate of drug-likeness (QED) is 0.578. The van der Waals surface area contributed by atoms with E-state index >= 15 is 0 Å². The highest BCUT2D eigenvalue weighted by Crippen LogP contribution is 2.13. The largest absolute Gasteiger partial charge is 0.491 e. The van der Waals surface area contributed by atoms with Gasteiger partial charge in [-0.25, -0.2) is 4.39 Å². The summed E-state index contributed by atoms with van der Waals surface area (Å²) >= 11 is 1.83. The molecule has 0 unspecified atom stereocenters. The van der Waals surface area contributed by atoms with Gasteiger partial charge >= 0.3 is 7.12 Å². The van der Waals surface area contributed by atoms with Crippen LogP contribution in [0.3, 0.4) is 0 Å². The van der Waals surface area contributed by atoms with Gasteiger partial charge in [-0.1, -0.05) is 12.1 Å². The third-order valence-electron chi connectivity index (χ3n) is 1.58. The second-order valence-electron chi connectivity index (χ2n) is 2.47. The Morgan fingerprint density at radius 3 is 2.50 bits per heavy atom. The molecule has 0 radical (unpaired) electrons. The van der Waals surface area contributed by atoms with Crippen molar-refractivity contribution in [1.29, 1.82) is 0 Å². The molecule has 0 amide bonds. The molecule has 1 aromatic carbocycles. The molecule has 0 fully saturated rings. The SMILES string of the molecule is Cc1ccc(B(O)O)c(F)c1I. The van der Waals surface area contributed by atoms with Gasteiger partial charge in [0.2, 0.25) is 0 Å². The Bertz CT molecular complexity index is 304. The summed E-state index contributed by atoms with van der Waals surface area (Å²) in [6.45, 7) is 1.76. The zero-order valence-electron chi connectivity index (χ0n) is 6.38. The molecular formula is C7H7BFIO2. The molecule has 0 saturated heterocycles. The Kier molecular flexibility index (Phi) is 3.08. The van der Waals surface area contributed by atoms with E-state index in [0.717, 1.165) is 5.56 Å². The molecule has 0 aliphatic carbocycles. The van der Waals surface area contributed by atoms with E-state index in [4.69, 9.17) is 10.0 Å². The van der Waals surface area contributed by atoms with E-state index < -0.39 is 12.9 Å². The summed E-state index contributed by atoms with van der Waals surface area (Å²) < 4.78 is 13.6. The molecule has 5 heteroatoms. The normalized spacial score (nSPS) is 10.1. The zero-order chi connectivity index (χ0) is 9.30. The molecule has 0 heterocycles. The predicted molar refractivity (Wildman–Crippen MR) is 53.7 cm³/mol. The molecule has 12 heavy (non-hydrogen) atoms. The third-order valence-corrected chi connectivity index (χ3v) is 2.91. The van der Waals surface area contributed by atoms with Gasteiger partial charge < -0.3 is 10.0 Å². The summed E-state index contributed by atoms with van der Waals surface area (Å²) in [6.07, 6.45) is 0. The molecule has 64 valence electrons. The van der Waals surface area contributed by atoms with Crippen LogP contribution in [0.25, 0.3) is 0 Å². The average Bonchev–Trinajstić information content (AvgIpc) is 2.00. The van der Waals surface area contributed by atoms with Crippen molar-refractivity contribution >= 4 is 35.2 Å². The zero-order valence-corrected chi connectivity index (χ0v) is 8.54. The monoisotopic (exact) mass is 280 g/mol. The second kappa shape index (κ2) is 3.72. The van der Waals surface area contributed by atoms with Crippen molar-refractivity contribution in [3.05, 3.63) is 27.1 Å². The first-order chi connectivity index (χ1) is 5.54. The fraction of sp³-hybridized carbons (Fsp3) is 0.143. The maximum absolute atomic E-state index is 13.2. The van der Waals surface area contributed by atoms with Gasteiger partial charge in [0.05, 0.1) is 3.57 Å². The standard InChI is InChI=1S/C7H7BFIO2/c1-4-2-3-5(8(11)12)6(9)7(4)10/h2-3,11-12H,1H3. The van der Waals surface area contributed by atoms with Crippen molar-refractivity contribution in [1.82, 2.24) is 0 Å². The van der Waals surface area contributed by atoms with Crippen LogP contribution in [0.2, 0.25) is 0 Å². The minimum Gasteiger partial charge on any atom is -0.423 e. The third kappa shape index (κ3) is 1.78. The Morgan fingerprint density at radius 1 is 1.42 bits per heavy atom. The molecule has 0 saturated carbocycles. The fourth-order valence-electron chi connectivity index (χ4n) is 0.860. The van der Waals surface area contributed by atoms with Crippen molar-refractivity contribution in [3.63, 3.8) is 0 Å². The van der Waals surface area contributed by atoms with Crippen LogP contribution in [0.15, 0.2) is 12.1 Å². The van der Waals surface area contributed by atoms with Crippen molar-refractivity contribution in [2.75, 3.05) is 0 Å². The second-order valence-corrected chi connectivity index (χ2v) is 3.55. The molecule has 0 spiro atoms. The van der Waals surface area contributed by atoms with Crippen molar-refractivity contribution < 1.29 is 14.4 Å². The molecule has 0 aromatic heterocycles. The number of benzene rings is 1. The Morgan fingerprint density at radius 2 is 2.00 bits per heavy atom. The highest BCUT2D eigenvalue weighted by atomic mass is 127. The number of halogens is 2. The van der Waals surface area contributed by atoms with E-state index in [1.165, 1.54) is 6.07 Å². The summed E-state index contributed by atoms with van der Waals surface area (Å²) in [4.78, 5) is 0. The van der Waals surface area contributed by atoms with Gasteiger partial charge in [-0.15, -0.1) is 0 Å². The fourth-order valence-corrected chi connectivity index (χ4v) is 1.35. The summed E-state index contributed by atoms with van der Waals surface area (Å²) in [7, 11) is -1.74. The van der Waals surface area contributed by atoms with Crippen LogP contribution in [0.4, 0.5) is 4.39 Å². The van der Waals surface area contributed by atoms with Gasteiger partial charge in [-0.3, -0.25) is 0 Å². The van der Waals surface area contributed by atoms with E-state index in [1.807, 2.05) is 22.6 Å². The van der Waals surface area contributed by atoms with E-state index in [-0.39, 0.29) is 5.46 Å². The topological polar surface area (TPSA) is 40.5 Å². The predicted octanol–water partition coefficient (Wildman–Crippen LogP) is 0.419. The molecule has 0 aliphatic heterocycles. The van der Waals surface area contributed by atoms with Gasteiger partial charge in [-0.2, -0.15) is 0 Å². The lowest BCUT2D eigenvalue weighted by Crippen LogP contribution is -2.33. The first kappa shape index (κ1) is 9.95. The minimum absolute atomic E-state index is 0.0787. The summed E-state index contributed by atoms with van der Waals surface area (Å²) in [5.41, 5.74) is 0.711. The number of aryl methyl sites for hydroxylation is 1. The summed E-state index contributed by atoms with van der Waals surface area (Å²) in [5, 5.41) is 17.5. The van der Waals surface area contributed by atoms with E-state index in [9.17, 15) is 4.39 Å². The first-order valence-corrected chi connectivity index (χ1v) is 4.42. The Labute approximate surface area is 83.7 Å². The average molecular weight is 280 g/mol. The number of hydrogen-bond acceptors (Lipinski definition) is 2. The van der Waals surface area contributed by atoms with Crippen molar-refractivity contribution in [3.8, 4) is 0 Å². The minimum atomic E-state index is -1.74. The number of hydrogen-bond donors (Lipinski definition) is 2. The van der Waals surface area contributed by atoms with Crippen LogP contribution >= 0.6 is 22.6 Å². The highest BCUT2D eigenvalue weighted by Gasteiger charge is 2.18. The van der Waals surface area contributed by atoms with Crippen LogP contribution in [-0.4, -0.2) is 17.2 Å². The summed E-state index contributed by atoms with van der Waals surface area (Å²) in [5.74, 6) is -0.550. The molecule has 1 rings (SSSR count). The summed E-state index contributed by atoms with van der Waals surface area (Å²) in [6, 6.07) is 3.02. The highest BCUT2D eigenvalue weighted by molar-refractivity contribution is 14.1. The van der Waals surface area contributed by atoms with Gasteiger partial charge in [0.25, 0.3) is 0 Å². The van der Waals surface area contributed by atoms with Crippen LogP contribution in [-0.2, 0) is 0 Å². The van der Waals surface area contributed by atoms with Crippen LogP contribution in [0.5, 0.6) is 0 Å². The molecule has 0 aliphatic rings. The van der Waals surface area contributed by atoms with Crippen LogP contribution in [0, 0.1) is 16.3 Å². The van der Waals surface area contributed by atoms with Crippen molar-refractivity contribution in [2.24, 2.45) is 0 Å². The van der Waals surface area contributed by atoms with E-state index in [2.05, 4.69) is 0 Å². The smallest absolute Gasteiger partial charge is 0.423 e. The molecule has 2 nitrogen and oxygen atoms in total. The molecular weight excluding hydrogens is 273 g/mol. The van der Waals surface area contributed by atoms with E-state index in [1.54, 1.807) is 13.0 Å². The van der Waals surface area contributed by atoms with Crippen molar-refractivity contribution in [2.45, 2.75) is 6.92 Å². The van der Waals surface area contributed by atoms with Crippen LogP contribution < -0.4 is 5.46 Å². The first-order valence-electron chi connectivity index (χ1n) is 3.34. The maximum Gasteiger partial charge on any atom is 0.491 e. The molecule has 2 N–H and O–H groups in total. The lowest BCUT2D eigenvalue weighted by Gasteiger charge is -2.05. The van der Waals surface area contributed by atoms with E-state index in [0.29, 0.717) is 3.57 Å². The molecule has 1 aromatic rings. The Hall–Kier alpha value is -0.135. The van der Waals surface area contributed by atoms with Gasteiger partial charge in [0.1, 0.15) is 5.82 Å². The molecule has 0 atom stereocenters. The number of rotatable bonds is 1. The lowest BCUT2D eigenvalue weighted by atomic mass is 9.79. The Balaban J connectivity index is 3.27. The molecule has 0 bridgehead atoms. The lowest BCUT2D eigenvalue weighted by molar-refractivity contribution is 0.423. The van der Waals surface area contributed by atoms with Gasteiger partial charge in [0, 0.05) is 5.46 Å². The van der Waals surface area contributed by atoms with Gasteiger partial charge in [-0.05, 0) is 35.1 Å². The maximum atomic E-state index is 13.2. The van der Waals surface area contributed by atoms with Crippen LogP contribution in [0.1, 0.15) is 5.56 Å².